The lowest BCUT2D eigenvalue weighted by Crippen LogP contribution is -2.32. The molecule has 0 unspecified atom stereocenters. The van der Waals surface area contributed by atoms with Gasteiger partial charge in [-0.1, -0.05) is 60.7 Å². The van der Waals surface area contributed by atoms with Crippen LogP contribution in [0.25, 0.3) is 31.7 Å². The van der Waals surface area contributed by atoms with Gasteiger partial charge >= 0.3 is 0 Å². The Morgan fingerprint density at radius 3 is 2.53 bits per heavy atom. The highest BCUT2D eigenvalue weighted by Gasteiger charge is 2.32. The molecule has 34 heavy (non-hydrogen) atoms. The standard InChI is InChI=1S/C28H25N3O2S/c1-28(2)15-20-21(16-33-28)23(19-11-7-4-8-12-19)30-26-22(20)24-25(34-26)27(32)31(17-29-24)14-13-18-9-5-3-6-10-18/h3-12,17H,13-16H2,1-2H3. The summed E-state index contributed by atoms with van der Waals surface area (Å²) >= 11 is 1.46. The molecule has 0 N–H and O–H groups in total. The molecule has 0 aliphatic carbocycles. The van der Waals surface area contributed by atoms with Gasteiger partial charge in [0.15, 0.2) is 0 Å². The smallest absolute Gasteiger partial charge is 0.271 e. The summed E-state index contributed by atoms with van der Waals surface area (Å²) in [5, 5.41) is 1.01. The molecule has 2 aromatic carbocycles. The van der Waals surface area contributed by atoms with Gasteiger partial charge in [-0.05, 0) is 31.4 Å². The number of nitrogens with zero attached hydrogens (tertiary/aromatic N) is 3. The van der Waals surface area contributed by atoms with Crippen LogP contribution in [0.4, 0.5) is 0 Å². The van der Waals surface area contributed by atoms with E-state index in [-0.39, 0.29) is 11.2 Å². The van der Waals surface area contributed by atoms with E-state index in [2.05, 4.69) is 38.1 Å². The zero-order valence-electron chi connectivity index (χ0n) is 19.2. The van der Waals surface area contributed by atoms with Gasteiger partial charge in [-0.15, -0.1) is 11.3 Å². The fraction of sp³-hybridized carbons (Fsp3) is 0.250. The number of rotatable bonds is 4. The van der Waals surface area contributed by atoms with Gasteiger partial charge < -0.3 is 4.74 Å². The molecule has 170 valence electrons. The number of ether oxygens (including phenoxy) is 1. The van der Waals surface area contributed by atoms with Gasteiger partial charge in [-0.2, -0.15) is 0 Å². The summed E-state index contributed by atoms with van der Waals surface area (Å²) in [6.07, 6.45) is 3.24. The van der Waals surface area contributed by atoms with Crippen molar-refractivity contribution in [1.82, 2.24) is 14.5 Å². The van der Waals surface area contributed by atoms with Gasteiger partial charge in [0, 0.05) is 29.5 Å². The van der Waals surface area contributed by atoms with Crippen molar-refractivity contribution in [2.45, 2.75) is 45.4 Å². The van der Waals surface area contributed by atoms with Crippen molar-refractivity contribution in [3.8, 4) is 11.3 Å². The number of aryl methyl sites for hydroxylation is 2. The van der Waals surface area contributed by atoms with Crippen LogP contribution in [0.1, 0.15) is 30.5 Å². The van der Waals surface area contributed by atoms with Crippen molar-refractivity contribution < 1.29 is 4.74 Å². The molecule has 6 rings (SSSR count). The Kier molecular flexibility index (Phi) is 5.08. The highest BCUT2D eigenvalue weighted by atomic mass is 32.1. The average molecular weight is 468 g/mol. The first-order valence-corrected chi connectivity index (χ1v) is 12.4. The third-order valence-electron chi connectivity index (χ3n) is 6.55. The number of pyridine rings is 1. The summed E-state index contributed by atoms with van der Waals surface area (Å²) in [6.45, 7) is 5.33. The Balaban J connectivity index is 1.53. The van der Waals surface area contributed by atoms with Crippen LogP contribution < -0.4 is 5.56 Å². The lowest BCUT2D eigenvalue weighted by atomic mass is 9.88. The molecule has 0 saturated heterocycles. The number of hydrogen-bond donors (Lipinski definition) is 0. The molecule has 0 bridgehead atoms. The monoisotopic (exact) mass is 467 g/mol. The normalized spacial score (nSPS) is 15.0. The van der Waals surface area contributed by atoms with Crippen molar-refractivity contribution in [3.63, 3.8) is 0 Å². The molecule has 0 saturated carbocycles. The van der Waals surface area contributed by atoms with Gasteiger partial charge in [0.05, 0.1) is 29.7 Å². The highest BCUT2D eigenvalue weighted by molar-refractivity contribution is 7.25. The van der Waals surface area contributed by atoms with Gasteiger partial charge in [-0.3, -0.25) is 9.36 Å². The van der Waals surface area contributed by atoms with Crippen LogP contribution in [-0.2, 0) is 30.7 Å². The van der Waals surface area contributed by atoms with Crippen molar-refractivity contribution in [1.29, 1.82) is 0 Å². The molecule has 5 aromatic rings. The molecular weight excluding hydrogens is 442 g/mol. The Hall–Kier alpha value is -3.35. The molecule has 0 atom stereocenters. The third kappa shape index (κ3) is 3.63. The van der Waals surface area contributed by atoms with E-state index in [0.29, 0.717) is 17.9 Å². The Bertz CT molecular complexity index is 1570. The van der Waals surface area contributed by atoms with Crippen molar-refractivity contribution >= 4 is 31.8 Å². The minimum absolute atomic E-state index is 0.00487. The first-order valence-electron chi connectivity index (χ1n) is 11.6. The molecule has 5 nitrogen and oxygen atoms in total. The molecule has 6 heteroatoms. The Morgan fingerprint density at radius 1 is 1.03 bits per heavy atom. The van der Waals surface area contributed by atoms with Crippen LogP contribution in [0, 0.1) is 0 Å². The van der Waals surface area contributed by atoms with Crippen molar-refractivity contribution in [2.75, 3.05) is 0 Å². The molecular formula is C28H25N3O2S. The third-order valence-corrected chi connectivity index (χ3v) is 7.61. The van der Waals surface area contributed by atoms with Crippen molar-refractivity contribution in [3.05, 3.63) is 94.0 Å². The summed E-state index contributed by atoms with van der Waals surface area (Å²) < 4.78 is 8.59. The van der Waals surface area contributed by atoms with Crippen LogP contribution in [0.15, 0.2) is 71.8 Å². The van der Waals surface area contributed by atoms with E-state index in [1.54, 1.807) is 10.9 Å². The molecule has 0 fully saturated rings. The summed E-state index contributed by atoms with van der Waals surface area (Å²) in [4.78, 5) is 24.2. The van der Waals surface area contributed by atoms with Crippen LogP contribution in [0.5, 0.6) is 0 Å². The van der Waals surface area contributed by atoms with E-state index in [4.69, 9.17) is 14.7 Å². The molecule has 0 spiro atoms. The molecule has 1 aliphatic rings. The first kappa shape index (κ1) is 21.2. The Labute approximate surface area is 201 Å². The topological polar surface area (TPSA) is 57.0 Å². The summed E-state index contributed by atoms with van der Waals surface area (Å²) in [6, 6.07) is 20.4. The lowest BCUT2D eigenvalue weighted by molar-refractivity contribution is -0.0394. The van der Waals surface area contributed by atoms with Gasteiger partial charge in [-0.25, -0.2) is 9.97 Å². The van der Waals surface area contributed by atoms with Crippen LogP contribution in [-0.4, -0.2) is 20.1 Å². The zero-order valence-corrected chi connectivity index (χ0v) is 20.1. The SMILES string of the molecule is CC1(C)Cc2c(c(-c3ccccc3)nc3sc4c(=O)n(CCc5ccccc5)cnc4c23)CO1. The lowest BCUT2D eigenvalue weighted by Gasteiger charge is -2.33. The van der Waals surface area contributed by atoms with Crippen LogP contribution in [0.3, 0.4) is 0 Å². The predicted molar refractivity (Wildman–Crippen MR) is 137 cm³/mol. The van der Waals surface area contributed by atoms with Gasteiger partial charge in [0.2, 0.25) is 0 Å². The molecule has 3 aromatic heterocycles. The van der Waals surface area contributed by atoms with E-state index < -0.39 is 0 Å². The van der Waals surface area contributed by atoms with Crippen molar-refractivity contribution in [2.24, 2.45) is 0 Å². The maximum Gasteiger partial charge on any atom is 0.271 e. The van der Waals surface area contributed by atoms with E-state index in [1.165, 1.54) is 22.5 Å². The van der Waals surface area contributed by atoms with E-state index in [1.807, 2.05) is 36.4 Å². The summed E-state index contributed by atoms with van der Waals surface area (Å²) in [7, 11) is 0. The fourth-order valence-electron chi connectivity index (χ4n) is 4.79. The Morgan fingerprint density at radius 2 is 1.76 bits per heavy atom. The van der Waals surface area contributed by atoms with Gasteiger partial charge in [0.25, 0.3) is 5.56 Å². The minimum Gasteiger partial charge on any atom is -0.370 e. The molecule has 4 heterocycles. The number of hydrogen-bond acceptors (Lipinski definition) is 5. The second kappa shape index (κ2) is 8.15. The fourth-order valence-corrected chi connectivity index (χ4v) is 5.89. The minimum atomic E-state index is -0.284. The number of aromatic nitrogens is 3. The quantitative estimate of drug-likeness (QED) is 0.337. The largest absolute Gasteiger partial charge is 0.370 e. The maximum atomic E-state index is 13.5. The number of benzene rings is 2. The average Bonchev–Trinajstić information content (AvgIpc) is 3.23. The van der Waals surface area contributed by atoms with Crippen LogP contribution >= 0.6 is 11.3 Å². The maximum absolute atomic E-state index is 13.5. The van der Waals surface area contributed by atoms with E-state index >= 15 is 0 Å². The first-order chi connectivity index (χ1) is 16.5. The number of fused-ring (bicyclic) bond motifs is 5. The molecule has 0 amide bonds. The highest BCUT2D eigenvalue weighted by Crippen LogP contribution is 2.42. The second-order valence-corrected chi connectivity index (χ2v) is 10.4. The van der Waals surface area contributed by atoms with Gasteiger partial charge in [0.1, 0.15) is 9.53 Å². The summed E-state index contributed by atoms with van der Waals surface area (Å²) in [5.41, 5.74) is 6.01. The summed E-state index contributed by atoms with van der Waals surface area (Å²) in [5.74, 6) is 0. The predicted octanol–water partition coefficient (Wildman–Crippen LogP) is 5.77. The van der Waals surface area contributed by atoms with E-state index in [0.717, 1.165) is 45.4 Å². The zero-order chi connectivity index (χ0) is 23.3. The molecule has 0 radical (unpaired) electrons. The van der Waals surface area contributed by atoms with Crippen LogP contribution in [0.2, 0.25) is 0 Å². The van der Waals surface area contributed by atoms with E-state index in [9.17, 15) is 4.79 Å². The molecule has 1 aliphatic heterocycles. The second-order valence-electron chi connectivity index (χ2n) is 9.45. The number of thiophene rings is 1.